The minimum absolute atomic E-state index is 0.0346. The van der Waals surface area contributed by atoms with Gasteiger partial charge in [-0.25, -0.2) is 0 Å². The molecular weight excluding hydrogens is 364 g/mol. The number of carbonyl (C=O) groups excluding carboxylic acids is 2. The zero-order chi connectivity index (χ0) is 20.6. The number of anilines is 1. The summed E-state index contributed by atoms with van der Waals surface area (Å²) in [6, 6.07) is 17.7. The number of fused-ring (bicyclic) bond motifs is 1. The average Bonchev–Trinajstić information content (AvgIpc) is 3.49. The van der Waals surface area contributed by atoms with E-state index in [1.54, 1.807) is 23.9 Å². The summed E-state index contributed by atoms with van der Waals surface area (Å²) in [4.78, 5) is 30.1. The Kier molecular flexibility index (Phi) is 4.95. The summed E-state index contributed by atoms with van der Waals surface area (Å²) in [6.07, 6.45) is 2.50. The number of amides is 2. The van der Waals surface area contributed by atoms with E-state index in [1.807, 2.05) is 54.6 Å². The quantitative estimate of drug-likeness (QED) is 0.788. The average molecular weight is 392 g/mol. The Balaban J connectivity index is 1.68. The molecule has 0 aromatic heterocycles. The Morgan fingerprint density at radius 1 is 1.10 bits per heavy atom. The number of likely N-dealkylation sites (N-methyl/N-ethyl adjacent to an activating group) is 1. The molecule has 1 heterocycles. The first-order valence-corrected chi connectivity index (χ1v) is 10.2. The molecule has 5 nitrogen and oxygen atoms in total. The first kappa shape index (κ1) is 19.6. The molecule has 2 amide bonds. The highest BCUT2D eigenvalue weighted by Gasteiger charge is 2.51. The fraction of sp³-hybridized carbons (Fsp3) is 0.417. The number of benzene rings is 2. The topological polar surface area (TPSA) is 60.9 Å². The molecule has 0 spiro atoms. The lowest BCUT2D eigenvalue weighted by atomic mass is 9.73. The summed E-state index contributed by atoms with van der Waals surface area (Å²) >= 11 is 0. The summed E-state index contributed by atoms with van der Waals surface area (Å²) in [6.45, 7) is 0.639. The predicted molar refractivity (Wildman–Crippen MR) is 113 cm³/mol. The van der Waals surface area contributed by atoms with Gasteiger partial charge in [0.15, 0.2) is 0 Å². The monoisotopic (exact) mass is 392 g/mol. The van der Waals surface area contributed by atoms with Crippen LogP contribution in [0.4, 0.5) is 5.69 Å². The van der Waals surface area contributed by atoms with Crippen molar-refractivity contribution < 1.29 is 14.7 Å². The van der Waals surface area contributed by atoms with Crippen molar-refractivity contribution in [2.24, 2.45) is 5.41 Å². The second kappa shape index (κ2) is 7.30. The molecule has 0 saturated heterocycles. The van der Waals surface area contributed by atoms with Crippen molar-refractivity contribution in [2.45, 2.75) is 31.1 Å². The zero-order valence-corrected chi connectivity index (χ0v) is 17.1. The molecule has 1 aliphatic carbocycles. The molecule has 2 aromatic carbocycles. The molecule has 1 fully saturated rings. The molecule has 2 aliphatic rings. The van der Waals surface area contributed by atoms with E-state index in [4.69, 9.17) is 0 Å². The van der Waals surface area contributed by atoms with Crippen molar-refractivity contribution in [3.63, 3.8) is 0 Å². The van der Waals surface area contributed by atoms with Crippen LogP contribution in [0.15, 0.2) is 54.6 Å². The van der Waals surface area contributed by atoms with E-state index < -0.39 is 5.41 Å². The second-order valence-electron chi connectivity index (χ2n) is 8.71. The Hall–Kier alpha value is -2.66. The molecule has 1 unspecified atom stereocenters. The SMILES string of the molecule is CN(CC1(CO)CC1)C(=O)CC1(Cc2ccccc2)C(=O)N(C)c2ccccc21. The van der Waals surface area contributed by atoms with Crippen molar-refractivity contribution in [1.82, 2.24) is 4.90 Å². The molecule has 1 aliphatic heterocycles. The first-order chi connectivity index (χ1) is 13.9. The predicted octanol–water partition coefficient (Wildman–Crippen LogP) is 2.76. The highest BCUT2D eigenvalue weighted by atomic mass is 16.3. The lowest BCUT2D eigenvalue weighted by Gasteiger charge is -2.31. The highest BCUT2D eigenvalue weighted by Crippen LogP contribution is 2.47. The van der Waals surface area contributed by atoms with E-state index in [-0.39, 0.29) is 30.3 Å². The van der Waals surface area contributed by atoms with Crippen LogP contribution in [0.25, 0.3) is 0 Å². The summed E-state index contributed by atoms with van der Waals surface area (Å²) in [5.41, 5.74) is 1.77. The van der Waals surface area contributed by atoms with Crippen LogP contribution in [0.1, 0.15) is 30.4 Å². The van der Waals surface area contributed by atoms with Gasteiger partial charge in [0.1, 0.15) is 0 Å². The van der Waals surface area contributed by atoms with Crippen molar-refractivity contribution in [2.75, 3.05) is 32.1 Å². The largest absolute Gasteiger partial charge is 0.396 e. The molecule has 152 valence electrons. The van der Waals surface area contributed by atoms with E-state index in [9.17, 15) is 14.7 Å². The fourth-order valence-electron chi connectivity index (χ4n) is 4.59. The number of rotatable bonds is 7. The summed E-state index contributed by atoms with van der Waals surface area (Å²) in [5, 5.41) is 9.63. The van der Waals surface area contributed by atoms with Gasteiger partial charge in [0.05, 0.1) is 12.0 Å². The number of hydrogen-bond donors (Lipinski definition) is 1. The van der Waals surface area contributed by atoms with Gasteiger partial charge in [-0.2, -0.15) is 0 Å². The maximum atomic E-state index is 13.5. The van der Waals surface area contributed by atoms with Gasteiger partial charge in [-0.1, -0.05) is 48.5 Å². The van der Waals surface area contributed by atoms with Crippen molar-refractivity contribution in [3.8, 4) is 0 Å². The molecule has 1 N–H and O–H groups in total. The Morgan fingerprint density at radius 2 is 1.76 bits per heavy atom. The molecule has 0 radical (unpaired) electrons. The number of carbonyl (C=O) groups is 2. The van der Waals surface area contributed by atoms with Crippen LogP contribution in [-0.2, 0) is 21.4 Å². The summed E-state index contributed by atoms with van der Waals surface area (Å²) in [7, 11) is 3.57. The van der Waals surface area contributed by atoms with E-state index in [0.717, 1.165) is 29.7 Å². The van der Waals surface area contributed by atoms with Crippen LogP contribution in [0, 0.1) is 5.41 Å². The Bertz CT molecular complexity index is 923. The van der Waals surface area contributed by atoms with Gasteiger partial charge < -0.3 is 14.9 Å². The van der Waals surface area contributed by atoms with E-state index in [2.05, 4.69) is 0 Å². The van der Waals surface area contributed by atoms with Gasteiger partial charge >= 0.3 is 0 Å². The first-order valence-electron chi connectivity index (χ1n) is 10.2. The Morgan fingerprint density at radius 3 is 2.41 bits per heavy atom. The van der Waals surface area contributed by atoms with Gasteiger partial charge in [-0.05, 0) is 36.5 Å². The minimum Gasteiger partial charge on any atom is -0.396 e. The van der Waals surface area contributed by atoms with Crippen LogP contribution in [-0.4, -0.2) is 49.1 Å². The van der Waals surface area contributed by atoms with Crippen molar-refractivity contribution in [3.05, 3.63) is 65.7 Å². The zero-order valence-electron chi connectivity index (χ0n) is 17.1. The van der Waals surface area contributed by atoms with Crippen molar-refractivity contribution in [1.29, 1.82) is 0 Å². The third-order valence-corrected chi connectivity index (χ3v) is 6.59. The standard InChI is InChI=1S/C24H28N2O3/c1-25(16-23(17-27)12-13-23)21(28)15-24(14-18-8-4-3-5-9-18)19-10-6-7-11-20(19)26(2)22(24)29/h3-11,27H,12-17H2,1-2H3. The van der Waals surface area contributed by atoms with Gasteiger partial charge in [-0.15, -0.1) is 0 Å². The van der Waals surface area contributed by atoms with Crippen LogP contribution in [0.2, 0.25) is 0 Å². The van der Waals surface area contributed by atoms with Crippen molar-refractivity contribution >= 4 is 17.5 Å². The molecule has 4 rings (SSSR count). The van der Waals surface area contributed by atoms with Crippen LogP contribution in [0.3, 0.4) is 0 Å². The van der Waals surface area contributed by atoms with E-state index in [0.29, 0.717) is 13.0 Å². The normalized spacial score (nSPS) is 21.8. The maximum absolute atomic E-state index is 13.5. The number of aliphatic hydroxyl groups is 1. The molecule has 5 heteroatoms. The molecule has 0 bridgehead atoms. The lowest BCUT2D eigenvalue weighted by molar-refractivity contribution is -0.136. The van der Waals surface area contributed by atoms with E-state index >= 15 is 0 Å². The van der Waals surface area contributed by atoms with Gasteiger partial charge in [0.25, 0.3) is 0 Å². The molecular formula is C24H28N2O3. The smallest absolute Gasteiger partial charge is 0.238 e. The summed E-state index contributed by atoms with van der Waals surface area (Å²) in [5.74, 6) is -0.0910. The number of hydrogen-bond acceptors (Lipinski definition) is 3. The van der Waals surface area contributed by atoms with Crippen LogP contribution >= 0.6 is 0 Å². The van der Waals surface area contributed by atoms with Gasteiger partial charge in [0, 0.05) is 38.2 Å². The molecule has 2 aromatic rings. The molecule has 29 heavy (non-hydrogen) atoms. The minimum atomic E-state index is -0.909. The van der Waals surface area contributed by atoms with Gasteiger partial charge in [-0.3, -0.25) is 9.59 Å². The Labute approximate surface area is 171 Å². The third kappa shape index (κ3) is 3.44. The lowest BCUT2D eigenvalue weighted by Crippen LogP contribution is -2.45. The third-order valence-electron chi connectivity index (χ3n) is 6.59. The van der Waals surface area contributed by atoms with E-state index in [1.165, 1.54) is 0 Å². The summed E-state index contributed by atoms with van der Waals surface area (Å²) < 4.78 is 0. The number of aliphatic hydroxyl groups excluding tert-OH is 1. The second-order valence-corrected chi connectivity index (χ2v) is 8.71. The van der Waals surface area contributed by atoms with Gasteiger partial charge in [0.2, 0.25) is 11.8 Å². The van der Waals surface area contributed by atoms with Crippen LogP contribution in [0.5, 0.6) is 0 Å². The maximum Gasteiger partial charge on any atom is 0.238 e. The number of nitrogens with zero attached hydrogens (tertiary/aromatic N) is 2. The molecule has 1 saturated carbocycles. The fourth-order valence-corrected chi connectivity index (χ4v) is 4.59. The number of para-hydroxylation sites is 1. The van der Waals surface area contributed by atoms with Crippen LogP contribution < -0.4 is 4.90 Å². The molecule has 1 atom stereocenters. The highest BCUT2D eigenvalue weighted by molar-refractivity contribution is 6.09.